The van der Waals surface area contributed by atoms with Crippen LogP contribution >= 0.6 is 0 Å². The number of benzene rings is 1. The maximum Gasteiger partial charge on any atom is 0.228 e. The summed E-state index contributed by atoms with van der Waals surface area (Å²) in [6.45, 7) is 0. The molecule has 1 aliphatic rings. The summed E-state index contributed by atoms with van der Waals surface area (Å²) in [7, 11) is 0. The highest BCUT2D eigenvalue weighted by atomic mass is 19.1. The molecule has 25 heavy (non-hydrogen) atoms. The van der Waals surface area contributed by atoms with E-state index in [4.69, 9.17) is 5.73 Å². The zero-order valence-corrected chi connectivity index (χ0v) is 13.7. The number of nitrogens with two attached hydrogens (primary N) is 1. The van der Waals surface area contributed by atoms with Gasteiger partial charge >= 0.3 is 0 Å². The van der Waals surface area contributed by atoms with E-state index in [1.165, 1.54) is 6.07 Å². The van der Waals surface area contributed by atoms with Crippen LogP contribution in [0.25, 0.3) is 10.9 Å². The highest BCUT2D eigenvalue weighted by Gasteiger charge is 2.49. The summed E-state index contributed by atoms with van der Waals surface area (Å²) in [5.74, 6) is -1.10. The van der Waals surface area contributed by atoms with Crippen molar-refractivity contribution in [1.29, 1.82) is 0 Å². The van der Waals surface area contributed by atoms with Gasteiger partial charge in [-0.2, -0.15) is 5.10 Å². The summed E-state index contributed by atoms with van der Waals surface area (Å²) in [6, 6.07) is 6.89. The number of amides is 1. The Labute approximate surface area is 144 Å². The van der Waals surface area contributed by atoms with Crippen molar-refractivity contribution in [2.45, 2.75) is 37.0 Å². The van der Waals surface area contributed by atoms with Gasteiger partial charge in [-0.15, -0.1) is 0 Å². The maximum absolute atomic E-state index is 15.0. The second-order valence-corrected chi connectivity index (χ2v) is 6.71. The molecular weight excluding hydrogens is 319 g/mol. The number of aromatic nitrogens is 3. The lowest BCUT2D eigenvalue weighted by Crippen LogP contribution is -2.48. The molecule has 4 rings (SSSR count). The topological polar surface area (TPSA) is 84.7 Å². The minimum atomic E-state index is -1.07. The Hall–Kier alpha value is -2.76. The molecule has 0 saturated heterocycles. The lowest BCUT2D eigenvalue weighted by molar-refractivity contribution is -0.125. The summed E-state index contributed by atoms with van der Waals surface area (Å²) in [5.41, 5.74) is 6.72. The summed E-state index contributed by atoms with van der Waals surface area (Å²) < 4.78 is 15.0. The smallest absolute Gasteiger partial charge is 0.228 e. The molecule has 2 unspecified atom stereocenters. The zero-order valence-electron chi connectivity index (χ0n) is 13.7. The predicted octanol–water partition coefficient (Wildman–Crippen LogP) is 3.18. The van der Waals surface area contributed by atoms with Gasteiger partial charge in [0.1, 0.15) is 5.82 Å². The molecular formula is C19H19FN4O. The fraction of sp³-hybridized carbons (Fsp3) is 0.316. The minimum absolute atomic E-state index is 0.189. The highest BCUT2D eigenvalue weighted by molar-refractivity contribution is 5.90. The van der Waals surface area contributed by atoms with Gasteiger partial charge in [-0.3, -0.25) is 14.9 Å². The Kier molecular flexibility index (Phi) is 3.75. The first-order chi connectivity index (χ1) is 12.1. The normalized spacial score (nSPS) is 23.6. The molecule has 1 amide bonds. The second kappa shape index (κ2) is 5.95. The van der Waals surface area contributed by atoms with E-state index in [-0.39, 0.29) is 5.92 Å². The molecule has 6 heteroatoms. The van der Waals surface area contributed by atoms with Crippen LogP contribution in [0.1, 0.15) is 42.7 Å². The predicted molar refractivity (Wildman–Crippen MR) is 92.4 cm³/mol. The number of primary amides is 1. The first kappa shape index (κ1) is 15.7. The van der Waals surface area contributed by atoms with E-state index < -0.39 is 17.1 Å². The van der Waals surface area contributed by atoms with Gasteiger partial charge in [0.05, 0.1) is 17.1 Å². The summed E-state index contributed by atoms with van der Waals surface area (Å²) in [4.78, 5) is 16.9. The number of carbonyl (C=O) groups is 1. The quantitative estimate of drug-likeness (QED) is 0.769. The molecule has 3 N–H and O–H groups in total. The number of hydrogen-bond acceptors (Lipinski definition) is 3. The van der Waals surface area contributed by atoms with E-state index in [1.807, 2.05) is 12.1 Å². The number of pyridine rings is 1. The van der Waals surface area contributed by atoms with Gasteiger partial charge in [-0.05, 0) is 36.6 Å². The van der Waals surface area contributed by atoms with Crippen LogP contribution in [0, 0.1) is 5.82 Å². The lowest BCUT2D eigenvalue weighted by atomic mass is 9.60. The summed E-state index contributed by atoms with van der Waals surface area (Å²) in [5, 5.41) is 7.49. The number of nitrogens with zero attached hydrogens (tertiary/aromatic N) is 2. The van der Waals surface area contributed by atoms with Gasteiger partial charge in [-0.1, -0.05) is 18.9 Å². The average molecular weight is 338 g/mol. The van der Waals surface area contributed by atoms with Crippen LogP contribution in [0.15, 0.2) is 42.9 Å². The van der Waals surface area contributed by atoms with Crippen molar-refractivity contribution in [3.05, 3.63) is 59.8 Å². The number of rotatable bonds is 3. The van der Waals surface area contributed by atoms with Gasteiger partial charge in [-0.25, -0.2) is 4.39 Å². The minimum Gasteiger partial charge on any atom is -0.369 e. The Morgan fingerprint density at radius 3 is 2.96 bits per heavy atom. The van der Waals surface area contributed by atoms with Crippen LogP contribution < -0.4 is 5.73 Å². The Bertz CT molecular complexity index is 924. The van der Waals surface area contributed by atoms with Crippen LogP contribution in [-0.2, 0) is 10.2 Å². The van der Waals surface area contributed by atoms with Gasteiger partial charge in [0.25, 0.3) is 0 Å². The van der Waals surface area contributed by atoms with Crippen LogP contribution in [0.2, 0.25) is 0 Å². The summed E-state index contributed by atoms with van der Waals surface area (Å²) in [6.07, 6.45) is 8.19. The molecule has 0 radical (unpaired) electrons. The number of hydrogen-bond donors (Lipinski definition) is 2. The molecule has 1 aromatic carbocycles. The molecule has 1 fully saturated rings. The van der Waals surface area contributed by atoms with Crippen LogP contribution in [0.3, 0.4) is 0 Å². The van der Waals surface area contributed by atoms with E-state index >= 15 is 4.39 Å². The van der Waals surface area contributed by atoms with Crippen molar-refractivity contribution in [1.82, 2.24) is 15.2 Å². The third-order valence-electron chi connectivity index (χ3n) is 5.44. The Morgan fingerprint density at radius 2 is 2.20 bits per heavy atom. The third kappa shape index (κ3) is 2.40. The standard InChI is InChI=1S/C19H19FN4O/c20-16-9-17-13(11-23-24-17)8-15(16)19(18(21)25)6-2-1-5-14(19)12-4-3-7-22-10-12/h3-4,7-11,14H,1-2,5-6H2,(H2,21,25)(H,23,24). The Morgan fingerprint density at radius 1 is 1.32 bits per heavy atom. The molecule has 5 nitrogen and oxygen atoms in total. The van der Waals surface area contributed by atoms with E-state index in [2.05, 4.69) is 15.2 Å². The number of H-pyrrole nitrogens is 1. The number of halogens is 1. The first-order valence-electron chi connectivity index (χ1n) is 8.46. The van der Waals surface area contributed by atoms with Crippen molar-refractivity contribution >= 4 is 16.8 Å². The van der Waals surface area contributed by atoms with E-state index in [0.717, 1.165) is 30.2 Å². The Balaban J connectivity index is 1.95. The van der Waals surface area contributed by atoms with Gasteiger partial charge in [0, 0.05) is 29.3 Å². The fourth-order valence-corrected chi connectivity index (χ4v) is 4.26. The SMILES string of the molecule is NC(=O)C1(c2cc3cn[nH]c3cc2F)CCCCC1c1cccnc1. The molecule has 0 spiro atoms. The second-order valence-electron chi connectivity index (χ2n) is 6.71. The molecule has 2 atom stereocenters. The van der Waals surface area contributed by atoms with Crippen molar-refractivity contribution in [3.63, 3.8) is 0 Å². The van der Waals surface area contributed by atoms with Crippen LogP contribution in [-0.4, -0.2) is 21.1 Å². The number of aromatic amines is 1. The van der Waals surface area contributed by atoms with Crippen molar-refractivity contribution in [2.24, 2.45) is 5.73 Å². The molecule has 2 heterocycles. The number of nitrogens with one attached hydrogen (secondary N) is 1. The van der Waals surface area contributed by atoms with Crippen LogP contribution in [0.4, 0.5) is 4.39 Å². The van der Waals surface area contributed by atoms with E-state index in [1.54, 1.807) is 24.7 Å². The van der Waals surface area contributed by atoms with Gasteiger partial charge in [0.15, 0.2) is 0 Å². The molecule has 128 valence electrons. The van der Waals surface area contributed by atoms with E-state index in [9.17, 15) is 4.79 Å². The monoisotopic (exact) mass is 338 g/mol. The average Bonchev–Trinajstić information content (AvgIpc) is 3.08. The maximum atomic E-state index is 15.0. The van der Waals surface area contributed by atoms with Crippen molar-refractivity contribution in [2.75, 3.05) is 0 Å². The summed E-state index contributed by atoms with van der Waals surface area (Å²) >= 11 is 0. The van der Waals surface area contributed by atoms with Gasteiger partial charge in [0.2, 0.25) is 5.91 Å². The molecule has 1 saturated carbocycles. The molecule has 0 bridgehead atoms. The third-order valence-corrected chi connectivity index (χ3v) is 5.44. The number of fused-ring (bicyclic) bond motifs is 1. The van der Waals surface area contributed by atoms with Crippen LogP contribution in [0.5, 0.6) is 0 Å². The van der Waals surface area contributed by atoms with E-state index in [0.29, 0.717) is 17.5 Å². The van der Waals surface area contributed by atoms with Crippen molar-refractivity contribution < 1.29 is 9.18 Å². The highest BCUT2D eigenvalue weighted by Crippen LogP contribution is 2.50. The molecule has 1 aliphatic carbocycles. The fourth-order valence-electron chi connectivity index (χ4n) is 4.26. The van der Waals surface area contributed by atoms with Gasteiger partial charge < -0.3 is 5.73 Å². The lowest BCUT2D eigenvalue weighted by Gasteiger charge is -2.42. The number of carbonyl (C=O) groups excluding carboxylic acids is 1. The largest absolute Gasteiger partial charge is 0.369 e. The molecule has 0 aliphatic heterocycles. The first-order valence-corrected chi connectivity index (χ1v) is 8.46. The van der Waals surface area contributed by atoms with Crippen molar-refractivity contribution in [3.8, 4) is 0 Å². The molecule has 2 aromatic heterocycles. The molecule has 3 aromatic rings. The zero-order chi connectivity index (χ0) is 17.4.